The van der Waals surface area contributed by atoms with Crippen molar-refractivity contribution in [3.8, 4) is 0 Å². The summed E-state index contributed by atoms with van der Waals surface area (Å²) in [4.78, 5) is 4.71. The first-order valence-corrected chi connectivity index (χ1v) is 7.39. The predicted molar refractivity (Wildman–Crippen MR) is 80.0 cm³/mol. The first kappa shape index (κ1) is 15.0. The van der Waals surface area contributed by atoms with E-state index in [9.17, 15) is 0 Å². The van der Waals surface area contributed by atoms with E-state index in [0.717, 1.165) is 64.7 Å². The van der Waals surface area contributed by atoms with E-state index in [0.29, 0.717) is 0 Å². The van der Waals surface area contributed by atoms with E-state index in [-0.39, 0.29) is 0 Å². The van der Waals surface area contributed by atoms with Crippen LogP contribution in [0.4, 0.5) is 5.82 Å². The Balaban J connectivity index is 1.83. The van der Waals surface area contributed by atoms with Crippen LogP contribution in [-0.4, -0.2) is 65.8 Å². The minimum Gasteiger partial charge on any atom is -0.379 e. The summed E-state index contributed by atoms with van der Waals surface area (Å²) in [5, 5.41) is 8.43. The number of aryl methyl sites for hydroxylation is 1. The van der Waals surface area contributed by atoms with Crippen LogP contribution in [0.5, 0.6) is 0 Å². The summed E-state index contributed by atoms with van der Waals surface area (Å²) in [5.74, 6) is 0.963. The molecule has 1 aliphatic rings. The SMILES string of the molecule is C=CCCn1cc(N(CC)CCN2CCOCC2)nn1. The van der Waals surface area contributed by atoms with Crippen LogP contribution in [0.1, 0.15) is 13.3 Å². The predicted octanol–water partition coefficient (Wildman–Crippen LogP) is 1.01. The Morgan fingerprint density at radius 2 is 2.20 bits per heavy atom. The Morgan fingerprint density at radius 3 is 2.90 bits per heavy atom. The van der Waals surface area contributed by atoms with Crippen molar-refractivity contribution in [3.05, 3.63) is 18.9 Å². The maximum Gasteiger partial charge on any atom is 0.171 e. The number of nitrogens with zero attached hydrogens (tertiary/aromatic N) is 5. The minimum absolute atomic E-state index is 0.845. The van der Waals surface area contributed by atoms with Crippen molar-refractivity contribution in [2.75, 3.05) is 50.8 Å². The second-order valence-electron chi connectivity index (χ2n) is 4.95. The molecule has 0 saturated carbocycles. The summed E-state index contributed by atoms with van der Waals surface area (Å²) >= 11 is 0. The first-order chi connectivity index (χ1) is 9.83. The highest BCUT2D eigenvalue weighted by atomic mass is 16.5. The molecule has 0 aromatic carbocycles. The third kappa shape index (κ3) is 4.31. The second kappa shape index (κ2) is 8.01. The van der Waals surface area contributed by atoms with Crippen LogP contribution >= 0.6 is 0 Å². The van der Waals surface area contributed by atoms with Crippen LogP contribution in [0.3, 0.4) is 0 Å². The quantitative estimate of drug-likeness (QED) is 0.665. The smallest absolute Gasteiger partial charge is 0.171 e. The fourth-order valence-corrected chi connectivity index (χ4v) is 2.29. The van der Waals surface area contributed by atoms with Gasteiger partial charge in [0, 0.05) is 39.3 Å². The van der Waals surface area contributed by atoms with Crippen molar-refractivity contribution < 1.29 is 4.74 Å². The summed E-state index contributed by atoms with van der Waals surface area (Å²) in [6.07, 6.45) is 4.84. The van der Waals surface area contributed by atoms with E-state index in [1.54, 1.807) is 0 Å². The van der Waals surface area contributed by atoms with E-state index < -0.39 is 0 Å². The van der Waals surface area contributed by atoms with Crippen LogP contribution in [0, 0.1) is 0 Å². The van der Waals surface area contributed by atoms with Crippen molar-refractivity contribution in [1.82, 2.24) is 19.9 Å². The molecule has 0 bridgehead atoms. The van der Waals surface area contributed by atoms with Crippen LogP contribution in [0.25, 0.3) is 0 Å². The lowest BCUT2D eigenvalue weighted by Gasteiger charge is -2.29. The van der Waals surface area contributed by atoms with Crippen LogP contribution in [0.15, 0.2) is 18.9 Å². The highest BCUT2D eigenvalue weighted by Crippen LogP contribution is 2.09. The fourth-order valence-electron chi connectivity index (χ4n) is 2.29. The lowest BCUT2D eigenvalue weighted by molar-refractivity contribution is 0.0392. The molecule has 112 valence electrons. The molecule has 0 aliphatic carbocycles. The number of anilines is 1. The Bertz CT molecular complexity index is 400. The van der Waals surface area contributed by atoms with Gasteiger partial charge >= 0.3 is 0 Å². The monoisotopic (exact) mass is 279 g/mol. The van der Waals surface area contributed by atoms with Gasteiger partial charge in [-0.25, -0.2) is 0 Å². The van der Waals surface area contributed by atoms with Gasteiger partial charge in [-0.2, -0.15) is 0 Å². The van der Waals surface area contributed by atoms with Gasteiger partial charge in [-0.1, -0.05) is 11.3 Å². The Labute approximate surface area is 121 Å². The molecule has 0 spiro atoms. The molecule has 1 fully saturated rings. The molecule has 0 N–H and O–H groups in total. The third-order valence-corrected chi connectivity index (χ3v) is 3.58. The minimum atomic E-state index is 0.845. The summed E-state index contributed by atoms with van der Waals surface area (Å²) in [6, 6.07) is 0. The average Bonchev–Trinajstić information content (AvgIpc) is 2.96. The second-order valence-corrected chi connectivity index (χ2v) is 4.95. The number of hydrogen-bond donors (Lipinski definition) is 0. The fraction of sp³-hybridized carbons (Fsp3) is 0.714. The maximum absolute atomic E-state index is 5.37. The Hall–Kier alpha value is -1.40. The molecule has 20 heavy (non-hydrogen) atoms. The molecule has 0 atom stereocenters. The maximum atomic E-state index is 5.37. The molecule has 0 unspecified atom stereocenters. The Kier molecular flexibility index (Phi) is 6.01. The highest BCUT2D eigenvalue weighted by molar-refractivity contribution is 5.34. The van der Waals surface area contributed by atoms with Gasteiger partial charge in [-0.15, -0.1) is 11.7 Å². The summed E-state index contributed by atoms with van der Waals surface area (Å²) in [5.41, 5.74) is 0. The molecule has 1 aromatic rings. The zero-order valence-corrected chi connectivity index (χ0v) is 12.4. The van der Waals surface area contributed by atoms with Gasteiger partial charge in [0.15, 0.2) is 5.82 Å². The lowest BCUT2D eigenvalue weighted by Crippen LogP contribution is -2.41. The van der Waals surface area contributed by atoms with Crippen LogP contribution < -0.4 is 4.90 Å². The lowest BCUT2D eigenvalue weighted by atomic mass is 10.4. The van der Waals surface area contributed by atoms with E-state index in [2.05, 4.69) is 33.6 Å². The van der Waals surface area contributed by atoms with Crippen molar-refractivity contribution in [2.45, 2.75) is 19.9 Å². The third-order valence-electron chi connectivity index (χ3n) is 3.58. The summed E-state index contributed by atoms with van der Waals surface area (Å²) in [7, 11) is 0. The standard InChI is InChI=1S/C14H25N5O/c1-3-5-6-19-13-14(15-16-19)18(4-2)8-7-17-9-11-20-12-10-17/h3,13H,1,4-12H2,2H3. The number of rotatable bonds is 8. The first-order valence-electron chi connectivity index (χ1n) is 7.39. The molecule has 0 amide bonds. The van der Waals surface area contributed by atoms with E-state index in [4.69, 9.17) is 4.74 Å². The van der Waals surface area contributed by atoms with Crippen LogP contribution in [0.2, 0.25) is 0 Å². The molecule has 1 aliphatic heterocycles. The van der Waals surface area contributed by atoms with E-state index >= 15 is 0 Å². The van der Waals surface area contributed by atoms with E-state index in [1.165, 1.54) is 0 Å². The molecule has 1 aromatic heterocycles. The number of likely N-dealkylation sites (N-methyl/N-ethyl adjacent to an activating group) is 1. The number of allylic oxidation sites excluding steroid dienone is 1. The van der Waals surface area contributed by atoms with Gasteiger partial charge in [-0.05, 0) is 13.3 Å². The largest absolute Gasteiger partial charge is 0.379 e. The number of morpholine rings is 1. The zero-order valence-electron chi connectivity index (χ0n) is 12.4. The molecular formula is C14H25N5O. The number of hydrogen-bond acceptors (Lipinski definition) is 5. The molecule has 6 heteroatoms. The van der Waals surface area contributed by atoms with Gasteiger partial charge in [0.05, 0.1) is 19.4 Å². The molecule has 1 saturated heterocycles. The summed E-state index contributed by atoms with van der Waals surface area (Å²) < 4.78 is 7.25. The van der Waals surface area contributed by atoms with Crippen molar-refractivity contribution in [1.29, 1.82) is 0 Å². The normalized spacial score (nSPS) is 16.2. The van der Waals surface area contributed by atoms with Crippen LogP contribution in [-0.2, 0) is 11.3 Å². The van der Waals surface area contributed by atoms with Crippen molar-refractivity contribution >= 4 is 5.82 Å². The number of ether oxygens (including phenoxy) is 1. The average molecular weight is 279 g/mol. The topological polar surface area (TPSA) is 46.4 Å². The molecule has 0 radical (unpaired) electrons. The van der Waals surface area contributed by atoms with E-state index in [1.807, 2.05) is 17.0 Å². The number of aromatic nitrogens is 3. The van der Waals surface area contributed by atoms with Gasteiger partial charge in [0.1, 0.15) is 0 Å². The van der Waals surface area contributed by atoms with Gasteiger partial charge < -0.3 is 9.64 Å². The molecule has 2 rings (SSSR count). The Morgan fingerprint density at radius 1 is 1.40 bits per heavy atom. The zero-order chi connectivity index (χ0) is 14.2. The molecular weight excluding hydrogens is 254 g/mol. The van der Waals surface area contributed by atoms with Crippen molar-refractivity contribution in [2.24, 2.45) is 0 Å². The highest BCUT2D eigenvalue weighted by Gasteiger charge is 2.13. The molecule has 2 heterocycles. The van der Waals surface area contributed by atoms with Gasteiger partial charge in [0.2, 0.25) is 0 Å². The summed E-state index contributed by atoms with van der Waals surface area (Å²) in [6.45, 7) is 13.5. The van der Waals surface area contributed by atoms with Gasteiger partial charge in [0.25, 0.3) is 0 Å². The van der Waals surface area contributed by atoms with Gasteiger partial charge in [-0.3, -0.25) is 9.58 Å². The molecule has 6 nitrogen and oxygen atoms in total. The van der Waals surface area contributed by atoms with Crippen molar-refractivity contribution in [3.63, 3.8) is 0 Å².